The molecule has 8 heteroatoms. The van der Waals surface area contributed by atoms with E-state index in [1.54, 1.807) is 41.3 Å². The van der Waals surface area contributed by atoms with Crippen LogP contribution in [-0.2, 0) is 31.7 Å². The molecule has 3 rings (SSSR count). The normalized spacial score (nSPS) is 13.5. The number of hydrogen-bond acceptors (Lipinski definition) is 4. The Balaban J connectivity index is 1.80. The molecule has 0 saturated heterocycles. The number of sulfonamides is 1. The number of amides is 1. The number of halogens is 1. The van der Waals surface area contributed by atoms with Gasteiger partial charge < -0.3 is 9.64 Å². The minimum Gasteiger partial charge on any atom is -0.375 e. The second-order valence-corrected chi connectivity index (χ2v) is 8.15. The molecule has 0 fully saturated rings. The molecule has 0 aromatic heterocycles. The first-order chi connectivity index (χ1) is 12.4. The van der Waals surface area contributed by atoms with E-state index >= 15 is 0 Å². The van der Waals surface area contributed by atoms with Crippen LogP contribution in [0.15, 0.2) is 42.5 Å². The molecule has 0 saturated carbocycles. The summed E-state index contributed by atoms with van der Waals surface area (Å²) in [4.78, 5) is 13.7. The number of carbonyl (C=O) groups is 1. The van der Waals surface area contributed by atoms with Crippen molar-refractivity contribution in [1.82, 2.24) is 0 Å². The second kappa shape index (κ2) is 7.65. The maximum absolute atomic E-state index is 12.5. The summed E-state index contributed by atoms with van der Waals surface area (Å²) in [5, 5.41) is 0.406. The molecule has 0 aliphatic carbocycles. The van der Waals surface area contributed by atoms with Gasteiger partial charge in [-0.15, -0.1) is 0 Å². The zero-order valence-electron chi connectivity index (χ0n) is 14.2. The van der Waals surface area contributed by atoms with Crippen LogP contribution in [0, 0.1) is 0 Å². The van der Waals surface area contributed by atoms with Crippen LogP contribution in [0.25, 0.3) is 0 Å². The lowest BCUT2D eigenvalue weighted by Gasteiger charge is -2.18. The number of carbonyl (C=O) groups excluding carboxylic acids is 1. The summed E-state index contributed by atoms with van der Waals surface area (Å²) in [6, 6.07) is 12.0. The molecule has 1 heterocycles. The summed E-state index contributed by atoms with van der Waals surface area (Å²) in [6.07, 6.45) is 0.734. The standard InChI is InChI=1S/C18H19ClN2O4S/c1-25-11-18(22)21-9-8-13-6-7-15(10-17(13)21)20-26(23,24)12-14-4-2-3-5-16(14)19/h2-7,10,20H,8-9,11-12H2,1H3. The number of nitrogens with zero attached hydrogens (tertiary/aromatic N) is 1. The first-order valence-corrected chi connectivity index (χ1v) is 10.1. The number of fused-ring (bicyclic) bond motifs is 1. The number of benzene rings is 2. The summed E-state index contributed by atoms with van der Waals surface area (Å²) in [7, 11) is -2.17. The maximum Gasteiger partial charge on any atom is 0.252 e. The maximum atomic E-state index is 12.5. The van der Waals surface area contributed by atoms with E-state index in [1.165, 1.54) is 7.11 Å². The van der Waals surface area contributed by atoms with Crippen molar-refractivity contribution in [1.29, 1.82) is 0 Å². The SMILES string of the molecule is COCC(=O)N1CCc2ccc(NS(=O)(=O)Cc3ccccc3Cl)cc21. The van der Waals surface area contributed by atoms with Crippen molar-refractivity contribution >= 4 is 38.9 Å². The average Bonchev–Trinajstić information content (AvgIpc) is 3.00. The van der Waals surface area contributed by atoms with Gasteiger partial charge in [-0.1, -0.05) is 35.9 Å². The zero-order valence-corrected chi connectivity index (χ0v) is 15.8. The minimum absolute atomic E-state index is 0.0120. The summed E-state index contributed by atoms with van der Waals surface area (Å²) >= 11 is 6.05. The Morgan fingerprint density at radius 2 is 2.04 bits per heavy atom. The number of nitrogens with one attached hydrogen (secondary N) is 1. The molecule has 1 N–H and O–H groups in total. The number of ether oxygens (including phenoxy) is 1. The third-order valence-corrected chi connectivity index (χ3v) is 5.73. The van der Waals surface area contributed by atoms with E-state index in [9.17, 15) is 13.2 Å². The van der Waals surface area contributed by atoms with Gasteiger partial charge in [-0.3, -0.25) is 9.52 Å². The molecule has 6 nitrogen and oxygen atoms in total. The van der Waals surface area contributed by atoms with Gasteiger partial charge in [0.2, 0.25) is 10.0 Å². The topological polar surface area (TPSA) is 75.7 Å². The molecule has 1 aliphatic rings. The van der Waals surface area contributed by atoms with Crippen LogP contribution >= 0.6 is 11.6 Å². The molecule has 0 atom stereocenters. The van der Waals surface area contributed by atoms with Gasteiger partial charge in [0.25, 0.3) is 5.91 Å². The van der Waals surface area contributed by atoms with Crippen molar-refractivity contribution in [3.63, 3.8) is 0 Å². The predicted octanol–water partition coefficient (Wildman–Crippen LogP) is 2.82. The van der Waals surface area contributed by atoms with E-state index in [0.29, 0.717) is 28.5 Å². The molecule has 2 aromatic carbocycles. The Hall–Kier alpha value is -2.09. The fraction of sp³-hybridized carbons (Fsp3) is 0.278. The Morgan fingerprint density at radius 3 is 2.77 bits per heavy atom. The van der Waals surface area contributed by atoms with Gasteiger partial charge in [0.05, 0.1) is 11.4 Å². The van der Waals surface area contributed by atoms with Crippen molar-refractivity contribution in [2.45, 2.75) is 12.2 Å². The highest BCUT2D eigenvalue weighted by Gasteiger charge is 2.25. The quantitative estimate of drug-likeness (QED) is 0.817. The monoisotopic (exact) mass is 394 g/mol. The van der Waals surface area contributed by atoms with Crippen LogP contribution in [0.4, 0.5) is 11.4 Å². The predicted molar refractivity (Wildman–Crippen MR) is 102 cm³/mol. The highest BCUT2D eigenvalue weighted by molar-refractivity contribution is 7.91. The third-order valence-electron chi connectivity index (χ3n) is 4.13. The van der Waals surface area contributed by atoms with Gasteiger partial charge in [0.1, 0.15) is 6.61 Å². The van der Waals surface area contributed by atoms with E-state index in [2.05, 4.69) is 4.72 Å². The van der Waals surface area contributed by atoms with Crippen LogP contribution in [-0.4, -0.2) is 34.6 Å². The van der Waals surface area contributed by atoms with Crippen molar-refractivity contribution < 1.29 is 17.9 Å². The van der Waals surface area contributed by atoms with Crippen LogP contribution < -0.4 is 9.62 Å². The van der Waals surface area contributed by atoms with Crippen LogP contribution in [0.3, 0.4) is 0 Å². The van der Waals surface area contributed by atoms with Gasteiger partial charge in [-0.05, 0) is 35.7 Å². The lowest BCUT2D eigenvalue weighted by atomic mass is 10.1. The van der Waals surface area contributed by atoms with Gasteiger partial charge >= 0.3 is 0 Å². The zero-order chi connectivity index (χ0) is 18.7. The highest BCUT2D eigenvalue weighted by atomic mass is 35.5. The van der Waals surface area contributed by atoms with E-state index in [-0.39, 0.29) is 18.3 Å². The molecule has 1 aliphatic heterocycles. The lowest BCUT2D eigenvalue weighted by Crippen LogP contribution is -2.32. The summed E-state index contributed by atoms with van der Waals surface area (Å²) in [5.74, 6) is -0.377. The van der Waals surface area contributed by atoms with Gasteiger partial charge in [-0.2, -0.15) is 0 Å². The fourth-order valence-electron chi connectivity index (χ4n) is 2.94. The Labute approximate surface area is 157 Å². The van der Waals surface area contributed by atoms with Crippen LogP contribution in [0.5, 0.6) is 0 Å². The fourth-order valence-corrected chi connectivity index (χ4v) is 4.44. The number of anilines is 2. The first kappa shape index (κ1) is 18.7. The van der Waals surface area contributed by atoms with Crippen molar-refractivity contribution in [2.24, 2.45) is 0 Å². The van der Waals surface area contributed by atoms with Crippen molar-refractivity contribution in [3.05, 3.63) is 58.6 Å². The molecule has 2 aromatic rings. The van der Waals surface area contributed by atoms with Crippen molar-refractivity contribution in [3.8, 4) is 0 Å². The Kier molecular flexibility index (Phi) is 5.50. The van der Waals surface area contributed by atoms with E-state index in [1.807, 2.05) is 6.07 Å². The Bertz CT molecular complexity index is 931. The number of hydrogen-bond donors (Lipinski definition) is 1. The summed E-state index contributed by atoms with van der Waals surface area (Å²) in [5.41, 5.74) is 2.65. The Morgan fingerprint density at radius 1 is 1.27 bits per heavy atom. The molecule has 0 spiro atoms. The number of rotatable bonds is 6. The molecule has 0 bridgehead atoms. The van der Waals surface area contributed by atoms with Crippen molar-refractivity contribution in [2.75, 3.05) is 29.9 Å². The smallest absolute Gasteiger partial charge is 0.252 e. The van der Waals surface area contributed by atoms with E-state index in [4.69, 9.17) is 16.3 Å². The summed E-state index contributed by atoms with van der Waals surface area (Å²) in [6.45, 7) is 0.551. The molecule has 138 valence electrons. The largest absolute Gasteiger partial charge is 0.375 e. The first-order valence-electron chi connectivity index (χ1n) is 8.06. The minimum atomic E-state index is -3.64. The molecular weight excluding hydrogens is 376 g/mol. The average molecular weight is 395 g/mol. The molecule has 1 amide bonds. The molecule has 0 unspecified atom stereocenters. The van der Waals surface area contributed by atoms with E-state index in [0.717, 1.165) is 12.0 Å². The van der Waals surface area contributed by atoms with Gasteiger partial charge in [0.15, 0.2) is 0 Å². The molecular formula is C18H19ClN2O4S. The lowest BCUT2D eigenvalue weighted by molar-refractivity contribution is -0.122. The highest BCUT2D eigenvalue weighted by Crippen LogP contribution is 2.31. The van der Waals surface area contributed by atoms with Crippen LogP contribution in [0.2, 0.25) is 5.02 Å². The number of methoxy groups -OCH3 is 1. The molecule has 0 radical (unpaired) electrons. The van der Waals surface area contributed by atoms with Crippen LogP contribution in [0.1, 0.15) is 11.1 Å². The van der Waals surface area contributed by atoms with Gasteiger partial charge in [0, 0.05) is 24.4 Å². The van der Waals surface area contributed by atoms with Gasteiger partial charge in [-0.25, -0.2) is 8.42 Å². The van der Waals surface area contributed by atoms with E-state index < -0.39 is 10.0 Å². The molecule has 26 heavy (non-hydrogen) atoms. The third kappa shape index (κ3) is 4.17. The summed E-state index contributed by atoms with van der Waals surface area (Å²) < 4.78 is 32.4. The second-order valence-electron chi connectivity index (χ2n) is 6.02.